The fourth-order valence-corrected chi connectivity index (χ4v) is 2.65. The maximum Gasteiger partial charge on any atom is 0.191 e. The molecule has 0 amide bonds. The van der Waals surface area contributed by atoms with Crippen LogP contribution in [0.2, 0.25) is 0 Å². The molecule has 0 aliphatic rings. The summed E-state index contributed by atoms with van der Waals surface area (Å²) in [7, 11) is 1.78. The number of hydrogen-bond donors (Lipinski definition) is 2. The minimum atomic E-state index is 0. The van der Waals surface area contributed by atoms with Crippen LogP contribution in [0.15, 0.2) is 59.7 Å². The van der Waals surface area contributed by atoms with Crippen LogP contribution in [0, 0.1) is 6.92 Å². The molecule has 0 aliphatic heterocycles. The number of rotatable bonds is 5. The van der Waals surface area contributed by atoms with E-state index in [9.17, 15) is 0 Å². The molecule has 0 saturated heterocycles. The highest BCUT2D eigenvalue weighted by atomic mass is 127. The van der Waals surface area contributed by atoms with Crippen LogP contribution in [0.3, 0.4) is 0 Å². The predicted octanol–water partition coefficient (Wildman–Crippen LogP) is 3.17. The van der Waals surface area contributed by atoms with E-state index in [4.69, 9.17) is 0 Å². The molecule has 0 bridgehead atoms. The van der Waals surface area contributed by atoms with Gasteiger partial charge in [-0.3, -0.25) is 4.99 Å². The van der Waals surface area contributed by atoms with Crippen LogP contribution in [-0.2, 0) is 13.0 Å². The van der Waals surface area contributed by atoms with E-state index in [-0.39, 0.29) is 24.0 Å². The lowest BCUT2D eigenvalue weighted by molar-refractivity contribution is 0.786. The Hall–Kier alpha value is -2.09. The minimum Gasteiger partial charge on any atom is -0.356 e. The molecule has 3 rings (SSSR count). The van der Waals surface area contributed by atoms with Gasteiger partial charge in [-0.1, -0.05) is 36.4 Å². The number of hydrogen-bond acceptors (Lipinski definition) is 2. The topological polar surface area (TPSA) is 53.7 Å². The molecule has 6 heteroatoms. The summed E-state index contributed by atoms with van der Waals surface area (Å²) < 4.78 is 2.10. The number of imidazole rings is 1. The van der Waals surface area contributed by atoms with E-state index in [0.29, 0.717) is 6.54 Å². The Bertz CT molecular complexity index is 826. The van der Waals surface area contributed by atoms with Gasteiger partial charge in [0.05, 0.1) is 12.2 Å². The zero-order chi connectivity index (χ0) is 16.8. The maximum atomic E-state index is 4.63. The van der Waals surface area contributed by atoms with E-state index in [2.05, 4.69) is 68.5 Å². The molecule has 0 atom stereocenters. The smallest absolute Gasteiger partial charge is 0.191 e. The van der Waals surface area contributed by atoms with Crippen LogP contribution >= 0.6 is 24.0 Å². The van der Waals surface area contributed by atoms with Gasteiger partial charge in [-0.25, -0.2) is 4.98 Å². The minimum absolute atomic E-state index is 0. The largest absolute Gasteiger partial charge is 0.356 e. The first-order chi connectivity index (χ1) is 11.8. The molecule has 5 nitrogen and oxygen atoms in total. The number of benzene rings is 1. The van der Waals surface area contributed by atoms with Crippen LogP contribution in [0.5, 0.6) is 0 Å². The van der Waals surface area contributed by atoms with Gasteiger partial charge < -0.3 is 15.0 Å². The Labute approximate surface area is 165 Å². The molecule has 2 aromatic heterocycles. The standard InChI is InChI=1S/C19H23N5.HI/c1-15-7-6-10-18-23-17(14-24(15)18)13-22-19(20-2)21-12-11-16-8-4-3-5-9-16;/h3-10,14H,11-13H2,1-2H3,(H2,20,21,22);1H. The first kappa shape index (κ1) is 19.2. The average molecular weight is 449 g/mol. The van der Waals surface area contributed by atoms with Gasteiger partial charge in [0.25, 0.3) is 0 Å². The summed E-state index contributed by atoms with van der Waals surface area (Å²) in [5, 5.41) is 6.65. The number of pyridine rings is 1. The van der Waals surface area contributed by atoms with Crippen LogP contribution < -0.4 is 10.6 Å². The zero-order valence-corrected chi connectivity index (χ0v) is 16.9. The van der Waals surface area contributed by atoms with Crippen LogP contribution in [0.4, 0.5) is 0 Å². The Morgan fingerprint density at radius 3 is 2.60 bits per heavy atom. The second-order valence-electron chi connectivity index (χ2n) is 5.72. The van der Waals surface area contributed by atoms with Crippen LogP contribution in [0.1, 0.15) is 17.0 Å². The third-order valence-corrected chi connectivity index (χ3v) is 3.96. The lowest BCUT2D eigenvalue weighted by Gasteiger charge is -2.10. The van der Waals surface area contributed by atoms with Gasteiger partial charge in [0.15, 0.2) is 5.96 Å². The van der Waals surface area contributed by atoms with Crippen molar-refractivity contribution in [2.45, 2.75) is 19.9 Å². The number of nitrogens with one attached hydrogen (secondary N) is 2. The molecule has 132 valence electrons. The van der Waals surface area contributed by atoms with Gasteiger partial charge in [0.2, 0.25) is 0 Å². The quantitative estimate of drug-likeness (QED) is 0.358. The first-order valence-electron chi connectivity index (χ1n) is 8.18. The van der Waals surface area contributed by atoms with E-state index in [1.807, 2.05) is 18.2 Å². The molecule has 0 spiro atoms. The summed E-state index contributed by atoms with van der Waals surface area (Å²) in [6.45, 7) is 3.57. The van der Waals surface area contributed by atoms with Gasteiger partial charge in [-0.2, -0.15) is 0 Å². The Kier molecular flexibility index (Phi) is 7.24. The van der Waals surface area contributed by atoms with E-state index >= 15 is 0 Å². The fourth-order valence-electron chi connectivity index (χ4n) is 2.65. The lowest BCUT2D eigenvalue weighted by atomic mass is 10.1. The number of aliphatic imine (C=N–C) groups is 1. The van der Waals surface area contributed by atoms with Gasteiger partial charge in [0.1, 0.15) is 5.65 Å². The number of aromatic nitrogens is 2. The molecular formula is C19H24IN5. The Balaban J connectivity index is 0.00000225. The summed E-state index contributed by atoms with van der Waals surface area (Å²) >= 11 is 0. The van der Waals surface area contributed by atoms with E-state index in [1.165, 1.54) is 11.3 Å². The van der Waals surface area contributed by atoms with Crippen molar-refractivity contribution in [1.29, 1.82) is 0 Å². The van der Waals surface area contributed by atoms with Crippen molar-refractivity contribution < 1.29 is 0 Å². The number of aryl methyl sites for hydroxylation is 1. The molecule has 0 unspecified atom stereocenters. The summed E-state index contributed by atoms with van der Waals surface area (Å²) in [6.07, 6.45) is 3.03. The fraction of sp³-hybridized carbons (Fsp3) is 0.263. The predicted molar refractivity (Wildman–Crippen MR) is 114 cm³/mol. The summed E-state index contributed by atoms with van der Waals surface area (Å²) in [5.74, 6) is 0.791. The van der Waals surface area contributed by atoms with E-state index in [0.717, 1.165) is 30.3 Å². The summed E-state index contributed by atoms with van der Waals surface area (Å²) in [4.78, 5) is 8.89. The van der Waals surface area contributed by atoms with Crippen molar-refractivity contribution in [3.8, 4) is 0 Å². The van der Waals surface area contributed by atoms with Crippen molar-refractivity contribution in [3.63, 3.8) is 0 Å². The maximum absolute atomic E-state index is 4.63. The molecule has 25 heavy (non-hydrogen) atoms. The highest BCUT2D eigenvalue weighted by molar-refractivity contribution is 14.0. The molecule has 1 aromatic carbocycles. The Morgan fingerprint density at radius 2 is 1.88 bits per heavy atom. The lowest BCUT2D eigenvalue weighted by Crippen LogP contribution is -2.37. The SMILES string of the molecule is CN=C(NCCc1ccccc1)NCc1cn2c(C)cccc2n1.I. The van der Waals surface area contributed by atoms with Crippen molar-refractivity contribution >= 4 is 35.6 Å². The van der Waals surface area contributed by atoms with Crippen LogP contribution in [0.25, 0.3) is 5.65 Å². The monoisotopic (exact) mass is 449 g/mol. The second-order valence-corrected chi connectivity index (χ2v) is 5.72. The third kappa shape index (κ3) is 5.19. The average Bonchev–Trinajstić information content (AvgIpc) is 3.03. The molecule has 0 aliphatic carbocycles. The number of guanidine groups is 1. The first-order valence-corrected chi connectivity index (χ1v) is 8.18. The van der Waals surface area contributed by atoms with Crippen molar-refractivity contribution in [1.82, 2.24) is 20.0 Å². The summed E-state index contributed by atoms with van der Waals surface area (Å²) in [6, 6.07) is 16.6. The summed E-state index contributed by atoms with van der Waals surface area (Å²) in [5.41, 5.74) is 4.46. The normalized spacial score (nSPS) is 11.2. The number of halogens is 1. The van der Waals surface area contributed by atoms with Crippen molar-refractivity contribution in [2.24, 2.45) is 4.99 Å². The highest BCUT2D eigenvalue weighted by Crippen LogP contribution is 2.08. The van der Waals surface area contributed by atoms with E-state index in [1.54, 1.807) is 7.05 Å². The molecule has 0 fully saturated rings. The van der Waals surface area contributed by atoms with Crippen LogP contribution in [-0.4, -0.2) is 28.9 Å². The third-order valence-electron chi connectivity index (χ3n) is 3.96. The van der Waals surface area contributed by atoms with Gasteiger partial charge in [0, 0.05) is 25.5 Å². The molecule has 0 saturated carbocycles. The number of fused-ring (bicyclic) bond motifs is 1. The van der Waals surface area contributed by atoms with Crippen molar-refractivity contribution in [2.75, 3.05) is 13.6 Å². The Morgan fingerprint density at radius 1 is 1.08 bits per heavy atom. The molecule has 3 aromatic rings. The van der Waals surface area contributed by atoms with Gasteiger partial charge >= 0.3 is 0 Å². The molecule has 2 N–H and O–H groups in total. The molecule has 2 heterocycles. The number of nitrogens with zero attached hydrogens (tertiary/aromatic N) is 3. The molecular weight excluding hydrogens is 425 g/mol. The van der Waals surface area contributed by atoms with Gasteiger partial charge in [-0.15, -0.1) is 24.0 Å². The van der Waals surface area contributed by atoms with Gasteiger partial charge in [-0.05, 0) is 31.0 Å². The highest BCUT2D eigenvalue weighted by Gasteiger charge is 2.04. The molecule has 0 radical (unpaired) electrons. The zero-order valence-electron chi connectivity index (χ0n) is 14.6. The second kappa shape index (κ2) is 9.41. The van der Waals surface area contributed by atoms with E-state index < -0.39 is 0 Å². The van der Waals surface area contributed by atoms with Crippen molar-refractivity contribution in [3.05, 3.63) is 71.7 Å².